The summed E-state index contributed by atoms with van der Waals surface area (Å²) in [5.41, 5.74) is 0. The number of hydrogen-bond acceptors (Lipinski definition) is 2. The van der Waals surface area contributed by atoms with Crippen molar-refractivity contribution in [2.45, 2.75) is 46.1 Å². The number of nitrogens with one attached hydrogen (secondary N) is 1. The molecule has 3 unspecified atom stereocenters. The highest BCUT2D eigenvalue weighted by Gasteiger charge is 2.48. The van der Waals surface area contributed by atoms with Gasteiger partial charge in [-0.05, 0) is 51.9 Å². The zero-order chi connectivity index (χ0) is 13.3. The molecule has 2 aliphatic carbocycles. The molecule has 4 nitrogen and oxygen atoms in total. The Kier molecular flexibility index (Phi) is 3.93. The molecule has 2 saturated carbocycles. The smallest absolute Gasteiger partial charge is 0.244 e. The normalized spacial score (nSPS) is 30.5. The van der Waals surface area contributed by atoms with Crippen LogP contribution in [0.25, 0.3) is 0 Å². The fourth-order valence-electron chi connectivity index (χ4n) is 3.13. The summed E-state index contributed by atoms with van der Waals surface area (Å²) >= 11 is 0. The Labute approximate surface area is 109 Å². The number of carbonyl (C=O) groups is 2. The molecule has 102 valence electrons. The van der Waals surface area contributed by atoms with E-state index in [1.807, 2.05) is 13.8 Å². The minimum Gasteiger partial charge on any atom is -0.344 e. The van der Waals surface area contributed by atoms with Gasteiger partial charge in [-0.3, -0.25) is 9.59 Å². The van der Waals surface area contributed by atoms with Gasteiger partial charge in [0.1, 0.15) is 6.04 Å². The Morgan fingerprint density at radius 3 is 2.22 bits per heavy atom. The molecule has 2 amide bonds. The standard InChI is InChI=1S/C14H24N2O2/c1-4-16(5-2)14(18)9(3)15-13(17)12-7-10-6-11(10)8-12/h9-12H,4-8H2,1-3H3,(H,15,17). The van der Waals surface area contributed by atoms with E-state index in [-0.39, 0.29) is 17.7 Å². The lowest BCUT2D eigenvalue weighted by atomic mass is 10.0. The maximum atomic E-state index is 12.0. The molecule has 0 spiro atoms. The third-order valence-electron chi connectivity index (χ3n) is 4.42. The van der Waals surface area contributed by atoms with Crippen LogP contribution in [0, 0.1) is 17.8 Å². The van der Waals surface area contributed by atoms with E-state index in [2.05, 4.69) is 5.32 Å². The SMILES string of the molecule is CCN(CC)C(=O)C(C)NC(=O)C1CC2CC2C1. The van der Waals surface area contributed by atoms with Crippen LogP contribution in [0.1, 0.15) is 40.0 Å². The molecular formula is C14H24N2O2. The summed E-state index contributed by atoms with van der Waals surface area (Å²) in [6.45, 7) is 7.10. The van der Waals surface area contributed by atoms with Crippen molar-refractivity contribution in [2.75, 3.05) is 13.1 Å². The van der Waals surface area contributed by atoms with E-state index in [4.69, 9.17) is 0 Å². The molecular weight excluding hydrogens is 228 g/mol. The second-order valence-corrected chi connectivity index (χ2v) is 5.66. The fourth-order valence-corrected chi connectivity index (χ4v) is 3.13. The number of fused-ring (bicyclic) bond motifs is 1. The topological polar surface area (TPSA) is 49.4 Å². The summed E-state index contributed by atoms with van der Waals surface area (Å²) < 4.78 is 0. The second-order valence-electron chi connectivity index (χ2n) is 5.66. The molecule has 0 aromatic carbocycles. The molecule has 4 heteroatoms. The minimum absolute atomic E-state index is 0.0245. The second kappa shape index (κ2) is 5.29. The van der Waals surface area contributed by atoms with Crippen LogP contribution in [0.5, 0.6) is 0 Å². The van der Waals surface area contributed by atoms with Gasteiger partial charge in [0.2, 0.25) is 11.8 Å². The van der Waals surface area contributed by atoms with E-state index in [1.165, 1.54) is 6.42 Å². The van der Waals surface area contributed by atoms with E-state index in [0.717, 1.165) is 24.7 Å². The van der Waals surface area contributed by atoms with Gasteiger partial charge in [0.15, 0.2) is 0 Å². The van der Waals surface area contributed by atoms with Crippen molar-refractivity contribution in [1.82, 2.24) is 10.2 Å². The Morgan fingerprint density at radius 1 is 1.17 bits per heavy atom. The lowest BCUT2D eigenvalue weighted by molar-refractivity contribution is -0.136. The third kappa shape index (κ3) is 2.68. The molecule has 0 aliphatic heterocycles. The first-order valence-electron chi connectivity index (χ1n) is 7.15. The monoisotopic (exact) mass is 252 g/mol. The molecule has 0 heterocycles. The minimum atomic E-state index is -0.394. The average molecular weight is 252 g/mol. The fraction of sp³-hybridized carbons (Fsp3) is 0.857. The van der Waals surface area contributed by atoms with E-state index < -0.39 is 6.04 Å². The van der Waals surface area contributed by atoms with Crippen molar-refractivity contribution in [3.63, 3.8) is 0 Å². The summed E-state index contributed by atoms with van der Waals surface area (Å²) in [7, 11) is 0. The van der Waals surface area contributed by atoms with Crippen molar-refractivity contribution < 1.29 is 9.59 Å². The van der Waals surface area contributed by atoms with Gasteiger partial charge in [0.25, 0.3) is 0 Å². The van der Waals surface area contributed by atoms with E-state index in [9.17, 15) is 9.59 Å². The Balaban J connectivity index is 1.80. The maximum absolute atomic E-state index is 12.0. The van der Waals surface area contributed by atoms with Crippen molar-refractivity contribution in [3.8, 4) is 0 Å². The summed E-state index contributed by atoms with van der Waals surface area (Å²) in [5, 5.41) is 2.88. The highest BCUT2D eigenvalue weighted by Crippen LogP contribution is 2.54. The molecule has 18 heavy (non-hydrogen) atoms. The summed E-state index contributed by atoms with van der Waals surface area (Å²) in [4.78, 5) is 25.8. The molecule has 0 bridgehead atoms. The van der Waals surface area contributed by atoms with Gasteiger partial charge in [-0.2, -0.15) is 0 Å². The van der Waals surface area contributed by atoms with Crippen LogP contribution in [-0.4, -0.2) is 35.8 Å². The number of hydrogen-bond donors (Lipinski definition) is 1. The third-order valence-corrected chi connectivity index (χ3v) is 4.42. The summed E-state index contributed by atoms with van der Waals surface area (Å²) in [6, 6.07) is -0.394. The predicted molar refractivity (Wildman–Crippen MR) is 69.9 cm³/mol. The Bertz CT molecular complexity index is 329. The van der Waals surface area contributed by atoms with Crippen molar-refractivity contribution in [2.24, 2.45) is 17.8 Å². The highest BCUT2D eigenvalue weighted by atomic mass is 16.2. The molecule has 2 rings (SSSR count). The van der Waals surface area contributed by atoms with Gasteiger partial charge >= 0.3 is 0 Å². The van der Waals surface area contributed by atoms with E-state index in [0.29, 0.717) is 13.1 Å². The average Bonchev–Trinajstić information content (AvgIpc) is 2.97. The maximum Gasteiger partial charge on any atom is 0.244 e. The molecule has 0 aromatic rings. The van der Waals surface area contributed by atoms with Gasteiger partial charge < -0.3 is 10.2 Å². The quantitative estimate of drug-likeness (QED) is 0.804. The lowest BCUT2D eigenvalue weighted by Gasteiger charge is -2.24. The lowest BCUT2D eigenvalue weighted by Crippen LogP contribution is -2.48. The molecule has 0 saturated heterocycles. The van der Waals surface area contributed by atoms with Gasteiger partial charge in [-0.1, -0.05) is 0 Å². The number of amides is 2. The molecule has 0 aromatic heterocycles. The van der Waals surface area contributed by atoms with Gasteiger partial charge in [-0.15, -0.1) is 0 Å². The Hall–Kier alpha value is -1.06. The van der Waals surface area contributed by atoms with Gasteiger partial charge in [0.05, 0.1) is 0 Å². The zero-order valence-electron chi connectivity index (χ0n) is 11.6. The van der Waals surface area contributed by atoms with Crippen LogP contribution in [0.2, 0.25) is 0 Å². The van der Waals surface area contributed by atoms with Crippen LogP contribution in [0.3, 0.4) is 0 Å². The first kappa shape index (κ1) is 13.4. The summed E-state index contributed by atoms with van der Waals surface area (Å²) in [5.74, 6) is 1.86. The Morgan fingerprint density at radius 2 is 1.72 bits per heavy atom. The van der Waals surface area contributed by atoms with Gasteiger partial charge in [0, 0.05) is 19.0 Å². The van der Waals surface area contributed by atoms with Gasteiger partial charge in [-0.25, -0.2) is 0 Å². The van der Waals surface area contributed by atoms with E-state index in [1.54, 1.807) is 11.8 Å². The number of carbonyl (C=O) groups excluding carboxylic acids is 2. The zero-order valence-corrected chi connectivity index (χ0v) is 11.6. The molecule has 0 radical (unpaired) electrons. The number of likely N-dealkylation sites (N-methyl/N-ethyl adjacent to an activating group) is 1. The summed E-state index contributed by atoms with van der Waals surface area (Å²) in [6.07, 6.45) is 3.38. The molecule has 3 atom stereocenters. The number of rotatable bonds is 5. The van der Waals surface area contributed by atoms with Crippen LogP contribution in [0.4, 0.5) is 0 Å². The van der Waals surface area contributed by atoms with Crippen LogP contribution < -0.4 is 5.32 Å². The molecule has 2 fully saturated rings. The first-order chi connectivity index (χ1) is 8.56. The number of nitrogens with zero attached hydrogens (tertiary/aromatic N) is 1. The van der Waals surface area contributed by atoms with Crippen LogP contribution >= 0.6 is 0 Å². The van der Waals surface area contributed by atoms with Crippen molar-refractivity contribution >= 4 is 11.8 Å². The molecule has 2 aliphatic rings. The van der Waals surface area contributed by atoms with Crippen LogP contribution in [0.15, 0.2) is 0 Å². The first-order valence-corrected chi connectivity index (χ1v) is 7.15. The van der Waals surface area contributed by atoms with Crippen molar-refractivity contribution in [3.05, 3.63) is 0 Å². The highest BCUT2D eigenvalue weighted by molar-refractivity contribution is 5.88. The van der Waals surface area contributed by atoms with Crippen LogP contribution in [-0.2, 0) is 9.59 Å². The van der Waals surface area contributed by atoms with Crippen molar-refractivity contribution in [1.29, 1.82) is 0 Å². The molecule has 1 N–H and O–H groups in total. The van der Waals surface area contributed by atoms with E-state index >= 15 is 0 Å². The predicted octanol–water partition coefficient (Wildman–Crippen LogP) is 1.41. The largest absolute Gasteiger partial charge is 0.344 e.